The van der Waals surface area contributed by atoms with Gasteiger partial charge in [0.1, 0.15) is 18.3 Å². The number of aliphatic hydroxyl groups excluding tert-OH is 1. The Labute approximate surface area is 223 Å². The Morgan fingerprint density at radius 3 is 1.89 bits per heavy atom. The molecule has 0 radical (unpaired) electrons. The molecule has 2 saturated carbocycles. The first-order valence-corrected chi connectivity index (χ1v) is 12.9. The third-order valence-electron chi connectivity index (χ3n) is 8.67. The molecule has 10 nitrogen and oxygen atoms in total. The number of esters is 4. The summed E-state index contributed by atoms with van der Waals surface area (Å²) in [6.07, 6.45) is -4.66. The van der Waals surface area contributed by atoms with Crippen LogP contribution in [0.5, 0.6) is 0 Å². The van der Waals surface area contributed by atoms with Crippen molar-refractivity contribution >= 4 is 23.9 Å². The lowest BCUT2D eigenvalue weighted by Crippen LogP contribution is -2.59. The molecule has 3 rings (SSSR count). The highest BCUT2D eigenvalue weighted by molar-refractivity contribution is 5.70. The molecule has 38 heavy (non-hydrogen) atoms. The summed E-state index contributed by atoms with van der Waals surface area (Å²) < 4.78 is 23.5. The molecule has 0 spiro atoms. The van der Waals surface area contributed by atoms with Gasteiger partial charge in [-0.2, -0.15) is 0 Å². The summed E-state index contributed by atoms with van der Waals surface area (Å²) >= 11 is 0. The Balaban J connectivity index is 2.52. The Morgan fingerprint density at radius 1 is 0.921 bits per heavy atom. The normalized spacial score (nSPS) is 36.9. The van der Waals surface area contributed by atoms with Gasteiger partial charge in [0.05, 0.1) is 17.1 Å². The third-order valence-corrected chi connectivity index (χ3v) is 8.67. The van der Waals surface area contributed by atoms with E-state index < -0.39 is 76.7 Å². The van der Waals surface area contributed by atoms with Crippen molar-refractivity contribution in [2.24, 2.45) is 16.7 Å². The van der Waals surface area contributed by atoms with Crippen LogP contribution in [0.3, 0.4) is 0 Å². The van der Waals surface area contributed by atoms with E-state index in [4.69, 9.17) is 18.9 Å². The monoisotopic (exact) mass is 536 g/mol. The summed E-state index contributed by atoms with van der Waals surface area (Å²) in [4.78, 5) is 49.7. The van der Waals surface area contributed by atoms with E-state index in [-0.39, 0.29) is 12.8 Å². The van der Waals surface area contributed by atoms with E-state index >= 15 is 0 Å². The summed E-state index contributed by atoms with van der Waals surface area (Å²) in [5.74, 6) is -3.32. The van der Waals surface area contributed by atoms with Crippen molar-refractivity contribution in [3.8, 4) is 0 Å². The first kappa shape index (κ1) is 29.8. The van der Waals surface area contributed by atoms with Gasteiger partial charge in [0.25, 0.3) is 0 Å². The Hall–Kier alpha value is -2.72. The predicted octanol–water partition coefficient (Wildman–Crippen LogP) is 2.54. The molecule has 10 heteroatoms. The maximum absolute atomic E-state index is 12.6. The molecule has 0 bridgehead atoms. The molecule has 0 heterocycles. The molecule has 8 atom stereocenters. The zero-order chi connectivity index (χ0) is 29.0. The van der Waals surface area contributed by atoms with Crippen LogP contribution < -0.4 is 0 Å². The zero-order valence-electron chi connectivity index (χ0n) is 23.5. The lowest BCUT2D eigenvalue weighted by Gasteiger charge is -2.53. The van der Waals surface area contributed by atoms with Crippen molar-refractivity contribution in [1.82, 2.24) is 0 Å². The lowest BCUT2D eigenvalue weighted by atomic mass is 9.55. The minimum Gasteiger partial charge on any atom is -0.461 e. The molecule has 0 aromatic carbocycles. The maximum Gasteiger partial charge on any atom is 0.303 e. The number of hydrogen-bond acceptors (Lipinski definition) is 10. The fraction of sp³-hybridized carbons (Fsp3) is 0.714. The molecule has 0 aliphatic heterocycles. The average molecular weight is 537 g/mol. The first-order valence-electron chi connectivity index (χ1n) is 12.9. The van der Waals surface area contributed by atoms with E-state index in [1.807, 2.05) is 6.92 Å². The van der Waals surface area contributed by atoms with Crippen LogP contribution in [0.2, 0.25) is 0 Å². The van der Waals surface area contributed by atoms with E-state index in [0.29, 0.717) is 23.1 Å². The zero-order valence-corrected chi connectivity index (χ0v) is 23.5. The molecule has 3 aliphatic carbocycles. The van der Waals surface area contributed by atoms with Crippen molar-refractivity contribution in [3.63, 3.8) is 0 Å². The third kappa shape index (κ3) is 4.77. The molecular formula is C28H40O10. The van der Waals surface area contributed by atoms with Gasteiger partial charge in [0.2, 0.25) is 0 Å². The highest BCUT2D eigenvalue weighted by Crippen LogP contribution is 2.65. The van der Waals surface area contributed by atoms with Crippen LogP contribution in [-0.2, 0) is 38.1 Å². The minimum atomic E-state index is -1.65. The summed E-state index contributed by atoms with van der Waals surface area (Å²) in [5.41, 5.74) is -2.95. The SMILES string of the molecule is C=C1[C@@H](O)CC[C@@]2(C)[C@H](OC(C)=O)[C@H](OC(C)=O)C3=C(C)[C@@H](OC(C)=O)C[C@@]3(C(C)(C)O)[C@@H](OC(C)=O)[C@H]12. The van der Waals surface area contributed by atoms with Gasteiger partial charge in [-0.05, 0) is 50.3 Å². The smallest absolute Gasteiger partial charge is 0.303 e. The van der Waals surface area contributed by atoms with Gasteiger partial charge in [-0.1, -0.05) is 13.5 Å². The van der Waals surface area contributed by atoms with Crippen molar-refractivity contribution in [1.29, 1.82) is 0 Å². The molecular weight excluding hydrogens is 496 g/mol. The molecule has 0 unspecified atom stereocenters. The van der Waals surface area contributed by atoms with E-state index in [2.05, 4.69) is 6.58 Å². The number of rotatable bonds is 5. The van der Waals surface area contributed by atoms with E-state index in [9.17, 15) is 29.4 Å². The van der Waals surface area contributed by atoms with Crippen LogP contribution >= 0.6 is 0 Å². The number of carbonyl (C=O) groups is 4. The average Bonchev–Trinajstić information content (AvgIpc) is 3.01. The molecule has 2 N–H and O–H groups in total. The second-order valence-corrected chi connectivity index (χ2v) is 11.6. The molecule has 212 valence electrons. The van der Waals surface area contributed by atoms with E-state index in [0.717, 1.165) is 0 Å². The summed E-state index contributed by atoms with van der Waals surface area (Å²) in [7, 11) is 0. The van der Waals surface area contributed by atoms with Crippen LogP contribution in [0.4, 0.5) is 0 Å². The molecule has 0 saturated heterocycles. The first-order chi connectivity index (χ1) is 17.4. The van der Waals surface area contributed by atoms with Gasteiger partial charge < -0.3 is 29.2 Å². The number of fused-ring (bicyclic) bond motifs is 2. The summed E-state index contributed by atoms with van der Waals surface area (Å²) in [6.45, 7) is 15.7. The molecule has 2 fully saturated rings. The molecule has 0 aromatic rings. The quantitative estimate of drug-likeness (QED) is 0.305. The summed E-state index contributed by atoms with van der Waals surface area (Å²) in [6, 6.07) is 0. The van der Waals surface area contributed by atoms with Crippen molar-refractivity contribution in [2.75, 3.05) is 0 Å². The van der Waals surface area contributed by atoms with Crippen LogP contribution in [-0.4, -0.2) is 70.2 Å². The van der Waals surface area contributed by atoms with Crippen LogP contribution in [0.1, 0.15) is 74.7 Å². The van der Waals surface area contributed by atoms with Crippen LogP contribution in [0.15, 0.2) is 23.3 Å². The van der Waals surface area contributed by atoms with Crippen LogP contribution in [0.25, 0.3) is 0 Å². The lowest BCUT2D eigenvalue weighted by molar-refractivity contribution is -0.191. The Bertz CT molecular complexity index is 1070. The summed E-state index contributed by atoms with van der Waals surface area (Å²) in [5, 5.41) is 22.8. The van der Waals surface area contributed by atoms with Gasteiger partial charge in [0, 0.05) is 45.4 Å². The van der Waals surface area contributed by atoms with Gasteiger partial charge in [-0.25, -0.2) is 0 Å². The maximum atomic E-state index is 12.6. The highest BCUT2D eigenvalue weighted by atomic mass is 16.6. The van der Waals surface area contributed by atoms with Gasteiger partial charge in [-0.15, -0.1) is 0 Å². The van der Waals surface area contributed by atoms with Crippen molar-refractivity contribution in [2.45, 2.75) is 111 Å². The van der Waals surface area contributed by atoms with E-state index in [1.54, 1.807) is 20.8 Å². The van der Waals surface area contributed by atoms with Gasteiger partial charge in [0.15, 0.2) is 6.10 Å². The minimum absolute atomic E-state index is 0.00426. The number of carbonyl (C=O) groups excluding carboxylic acids is 4. The number of ether oxygens (including phenoxy) is 4. The second-order valence-electron chi connectivity index (χ2n) is 11.6. The van der Waals surface area contributed by atoms with Crippen molar-refractivity contribution < 1.29 is 48.3 Å². The fourth-order valence-corrected chi connectivity index (χ4v) is 7.17. The van der Waals surface area contributed by atoms with E-state index in [1.165, 1.54) is 27.7 Å². The Morgan fingerprint density at radius 2 is 1.42 bits per heavy atom. The Kier molecular flexibility index (Phi) is 7.94. The predicted molar refractivity (Wildman–Crippen MR) is 134 cm³/mol. The highest BCUT2D eigenvalue weighted by Gasteiger charge is 2.71. The molecule has 0 amide bonds. The van der Waals surface area contributed by atoms with Crippen molar-refractivity contribution in [3.05, 3.63) is 23.3 Å². The topological polar surface area (TPSA) is 146 Å². The number of hydrogen-bond donors (Lipinski definition) is 2. The van der Waals surface area contributed by atoms with Gasteiger partial charge in [-0.3, -0.25) is 19.2 Å². The molecule has 0 aromatic heterocycles. The largest absolute Gasteiger partial charge is 0.461 e. The van der Waals surface area contributed by atoms with Crippen LogP contribution in [0, 0.1) is 16.7 Å². The second kappa shape index (κ2) is 10.1. The fourth-order valence-electron chi connectivity index (χ4n) is 7.17. The van der Waals surface area contributed by atoms with Gasteiger partial charge >= 0.3 is 23.9 Å². The molecule has 3 aliphatic rings. The standard InChI is InChI=1S/C28H40O10/c1-13-19(33)10-11-27(9)22(13)24(37-17(5)31)28(26(7,8)34)12-20(35-15(3)29)14(2)21(28)23(36-16(4)30)25(27)38-18(6)32/h19-20,22-25,33-34H,1,10-12H2,2-9H3/t19-,20-,22-,23+,24-,25+,27+,28-/m0/s1. The number of aliphatic hydroxyl groups is 2.